The van der Waals surface area contributed by atoms with Crippen LogP contribution in [0.5, 0.6) is 0 Å². The molecular formula is C18H17BrN4OS. The molecule has 128 valence electrons. The molecule has 0 aliphatic rings. The predicted octanol–water partition coefficient (Wildman–Crippen LogP) is 4.60. The zero-order chi connectivity index (χ0) is 17.8. The van der Waals surface area contributed by atoms with E-state index in [1.165, 1.54) is 5.56 Å². The first kappa shape index (κ1) is 17.6. The molecule has 0 aliphatic heterocycles. The summed E-state index contributed by atoms with van der Waals surface area (Å²) in [5, 5.41) is 10.8. The molecule has 25 heavy (non-hydrogen) atoms. The third kappa shape index (κ3) is 4.64. The summed E-state index contributed by atoms with van der Waals surface area (Å²) in [6, 6.07) is 13.9. The smallest absolute Gasteiger partial charge is 0.246 e. The Bertz CT molecular complexity index is 910. The van der Waals surface area contributed by atoms with E-state index in [4.69, 9.17) is 16.7 Å². The van der Waals surface area contributed by atoms with Crippen LogP contribution >= 0.6 is 28.1 Å². The maximum atomic E-state index is 5.33. The summed E-state index contributed by atoms with van der Waals surface area (Å²) in [7, 11) is 0. The largest absolute Gasteiger partial charge is 0.353 e. The van der Waals surface area contributed by atoms with Crippen LogP contribution in [0.1, 0.15) is 17.0 Å². The van der Waals surface area contributed by atoms with Gasteiger partial charge in [-0.25, -0.2) is 0 Å². The summed E-state index contributed by atoms with van der Waals surface area (Å²) in [6.07, 6.45) is 0. The predicted molar refractivity (Wildman–Crippen MR) is 106 cm³/mol. The number of rotatable bonds is 4. The van der Waals surface area contributed by atoms with Crippen molar-refractivity contribution < 1.29 is 4.52 Å². The Morgan fingerprint density at radius 1 is 1.20 bits per heavy atom. The molecule has 1 heterocycles. The number of hydrogen-bond donors (Lipinski definition) is 2. The third-order valence-electron chi connectivity index (χ3n) is 3.58. The standard InChI is InChI=1S/C18H17BrN4OS/c1-11-6-7-15(12(2)8-11)21-18(25)20-10-16-22-17(23-24-16)13-4-3-5-14(19)9-13/h3-9H,10H2,1-2H3,(H2,20,21,25). The molecule has 0 aliphatic carbocycles. The van der Waals surface area contributed by atoms with Gasteiger partial charge in [-0.1, -0.05) is 50.9 Å². The number of thiocarbonyl (C=S) groups is 1. The Hall–Kier alpha value is -2.25. The number of hydrogen-bond acceptors (Lipinski definition) is 4. The van der Waals surface area contributed by atoms with Crippen LogP contribution in [0.25, 0.3) is 11.4 Å². The van der Waals surface area contributed by atoms with Crippen molar-refractivity contribution in [2.45, 2.75) is 20.4 Å². The molecule has 3 rings (SSSR count). The number of aryl methyl sites for hydroxylation is 2. The average molecular weight is 417 g/mol. The van der Waals surface area contributed by atoms with E-state index in [9.17, 15) is 0 Å². The highest BCUT2D eigenvalue weighted by atomic mass is 79.9. The Morgan fingerprint density at radius 3 is 2.80 bits per heavy atom. The van der Waals surface area contributed by atoms with Crippen molar-refractivity contribution in [1.29, 1.82) is 0 Å². The van der Waals surface area contributed by atoms with E-state index in [2.05, 4.69) is 49.7 Å². The van der Waals surface area contributed by atoms with Crippen molar-refractivity contribution in [2.75, 3.05) is 5.32 Å². The van der Waals surface area contributed by atoms with Gasteiger partial charge in [0.25, 0.3) is 0 Å². The fourth-order valence-electron chi connectivity index (χ4n) is 2.35. The summed E-state index contributed by atoms with van der Waals surface area (Å²) in [4.78, 5) is 4.38. The van der Waals surface area contributed by atoms with Gasteiger partial charge in [-0.05, 0) is 49.8 Å². The molecule has 0 radical (unpaired) electrons. The highest BCUT2D eigenvalue weighted by molar-refractivity contribution is 9.10. The maximum Gasteiger partial charge on any atom is 0.246 e. The first-order valence-electron chi connectivity index (χ1n) is 7.72. The Kier molecular flexibility index (Phi) is 5.45. The monoisotopic (exact) mass is 416 g/mol. The van der Waals surface area contributed by atoms with Crippen LogP contribution in [0, 0.1) is 13.8 Å². The Morgan fingerprint density at radius 2 is 2.04 bits per heavy atom. The Labute approximate surface area is 160 Å². The summed E-state index contributed by atoms with van der Waals surface area (Å²) in [5.74, 6) is 1.02. The number of aromatic nitrogens is 2. The van der Waals surface area contributed by atoms with E-state index in [-0.39, 0.29) is 0 Å². The van der Waals surface area contributed by atoms with Gasteiger partial charge in [0, 0.05) is 15.7 Å². The molecule has 0 saturated carbocycles. The minimum atomic E-state index is 0.359. The maximum absolute atomic E-state index is 5.33. The normalized spacial score (nSPS) is 10.5. The quantitative estimate of drug-likeness (QED) is 0.605. The lowest BCUT2D eigenvalue weighted by Crippen LogP contribution is -2.28. The molecule has 2 aromatic carbocycles. The molecule has 0 spiro atoms. The van der Waals surface area contributed by atoms with Gasteiger partial charge in [-0.2, -0.15) is 4.98 Å². The van der Waals surface area contributed by atoms with Crippen molar-refractivity contribution in [2.24, 2.45) is 0 Å². The van der Waals surface area contributed by atoms with Gasteiger partial charge in [0.1, 0.15) is 0 Å². The van der Waals surface area contributed by atoms with E-state index in [1.807, 2.05) is 43.3 Å². The minimum absolute atomic E-state index is 0.359. The molecule has 0 saturated heterocycles. The molecule has 0 atom stereocenters. The van der Waals surface area contributed by atoms with Gasteiger partial charge in [0.2, 0.25) is 11.7 Å². The van der Waals surface area contributed by atoms with Crippen LogP contribution < -0.4 is 10.6 Å². The van der Waals surface area contributed by atoms with Gasteiger partial charge >= 0.3 is 0 Å². The van der Waals surface area contributed by atoms with Crippen LogP contribution in [-0.2, 0) is 6.54 Å². The van der Waals surface area contributed by atoms with E-state index in [0.717, 1.165) is 21.3 Å². The Balaban J connectivity index is 1.59. The van der Waals surface area contributed by atoms with Gasteiger partial charge in [-0.15, -0.1) is 0 Å². The topological polar surface area (TPSA) is 63.0 Å². The molecule has 5 nitrogen and oxygen atoms in total. The van der Waals surface area contributed by atoms with Crippen LogP contribution in [-0.4, -0.2) is 15.3 Å². The molecular weight excluding hydrogens is 400 g/mol. The fourth-order valence-corrected chi connectivity index (χ4v) is 2.93. The van der Waals surface area contributed by atoms with E-state index in [1.54, 1.807) is 0 Å². The van der Waals surface area contributed by atoms with Gasteiger partial charge in [0.15, 0.2) is 5.11 Å². The molecule has 3 aromatic rings. The number of halogens is 1. The zero-order valence-corrected chi connectivity index (χ0v) is 16.2. The SMILES string of the molecule is Cc1ccc(NC(=S)NCc2nc(-c3cccc(Br)c3)no2)c(C)c1. The van der Waals surface area contributed by atoms with E-state index >= 15 is 0 Å². The van der Waals surface area contributed by atoms with Crippen molar-refractivity contribution in [3.8, 4) is 11.4 Å². The molecule has 0 amide bonds. The van der Waals surface area contributed by atoms with Crippen molar-refractivity contribution in [3.05, 3.63) is 64.0 Å². The molecule has 0 bridgehead atoms. The average Bonchev–Trinajstić information content (AvgIpc) is 3.05. The number of benzene rings is 2. The molecule has 0 unspecified atom stereocenters. The highest BCUT2D eigenvalue weighted by Gasteiger charge is 2.09. The van der Waals surface area contributed by atoms with Crippen LogP contribution in [0.2, 0.25) is 0 Å². The van der Waals surface area contributed by atoms with Gasteiger partial charge < -0.3 is 15.2 Å². The lowest BCUT2D eigenvalue weighted by atomic mass is 10.1. The second-order valence-corrected chi connectivity index (χ2v) is 6.97. The van der Waals surface area contributed by atoms with Gasteiger partial charge in [-0.3, -0.25) is 0 Å². The van der Waals surface area contributed by atoms with Crippen molar-refractivity contribution in [3.63, 3.8) is 0 Å². The first-order chi connectivity index (χ1) is 12.0. The summed E-state index contributed by atoms with van der Waals surface area (Å²) in [5.41, 5.74) is 4.22. The summed E-state index contributed by atoms with van der Waals surface area (Å²) < 4.78 is 6.24. The molecule has 2 N–H and O–H groups in total. The lowest BCUT2D eigenvalue weighted by Gasteiger charge is -2.11. The zero-order valence-electron chi connectivity index (χ0n) is 13.8. The van der Waals surface area contributed by atoms with Crippen LogP contribution in [0.3, 0.4) is 0 Å². The number of nitrogens with zero attached hydrogens (tertiary/aromatic N) is 2. The molecule has 7 heteroatoms. The minimum Gasteiger partial charge on any atom is -0.353 e. The van der Waals surface area contributed by atoms with Crippen molar-refractivity contribution >= 4 is 38.9 Å². The molecule has 1 aromatic heterocycles. The van der Waals surface area contributed by atoms with E-state index < -0.39 is 0 Å². The lowest BCUT2D eigenvalue weighted by molar-refractivity contribution is 0.376. The summed E-state index contributed by atoms with van der Waals surface area (Å²) >= 11 is 8.76. The second kappa shape index (κ2) is 7.76. The van der Waals surface area contributed by atoms with E-state index in [0.29, 0.717) is 23.4 Å². The van der Waals surface area contributed by atoms with Gasteiger partial charge in [0.05, 0.1) is 6.54 Å². The number of anilines is 1. The summed E-state index contributed by atoms with van der Waals surface area (Å²) in [6.45, 7) is 4.46. The molecule has 0 fully saturated rings. The van der Waals surface area contributed by atoms with Crippen LogP contribution in [0.15, 0.2) is 51.5 Å². The van der Waals surface area contributed by atoms with Crippen molar-refractivity contribution in [1.82, 2.24) is 15.5 Å². The highest BCUT2D eigenvalue weighted by Crippen LogP contribution is 2.20. The number of nitrogens with one attached hydrogen (secondary N) is 2. The first-order valence-corrected chi connectivity index (χ1v) is 8.92. The third-order valence-corrected chi connectivity index (χ3v) is 4.32. The fraction of sp³-hybridized carbons (Fsp3) is 0.167. The second-order valence-electron chi connectivity index (χ2n) is 5.65. The van der Waals surface area contributed by atoms with Crippen LogP contribution in [0.4, 0.5) is 5.69 Å².